The van der Waals surface area contributed by atoms with Gasteiger partial charge in [0.25, 0.3) is 11.7 Å². The Kier molecular flexibility index (Phi) is 6.35. The van der Waals surface area contributed by atoms with E-state index in [4.69, 9.17) is 4.84 Å². The van der Waals surface area contributed by atoms with Gasteiger partial charge in [0.05, 0.1) is 6.21 Å². The fraction of sp³-hybridized carbons (Fsp3) is 0.143. The molecule has 0 aliphatic heterocycles. The highest BCUT2D eigenvalue weighted by molar-refractivity contribution is 7.99. The molecule has 0 atom stereocenters. The number of alkyl halides is 2. The van der Waals surface area contributed by atoms with Gasteiger partial charge in [-0.05, 0) is 35.7 Å². The van der Waals surface area contributed by atoms with Crippen LogP contribution in [0.2, 0.25) is 0 Å². The van der Waals surface area contributed by atoms with E-state index < -0.39 is 5.76 Å². The van der Waals surface area contributed by atoms with E-state index in [1.807, 2.05) is 17.5 Å². The molecule has 0 bridgehead atoms. The highest BCUT2D eigenvalue weighted by atomic mass is 32.2. The number of carbonyl (C=O) groups excluding carboxylic acids is 1. The highest BCUT2D eigenvalue weighted by Gasteiger charge is 2.06. The van der Waals surface area contributed by atoms with E-state index in [2.05, 4.69) is 10.5 Å². The van der Waals surface area contributed by atoms with Crippen LogP contribution in [0.3, 0.4) is 0 Å². The van der Waals surface area contributed by atoms with Crippen LogP contribution in [-0.2, 0) is 9.63 Å². The molecule has 0 fully saturated rings. The Morgan fingerprint density at radius 2 is 2.14 bits per heavy atom. The molecule has 0 aliphatic carbocycles. The van der Waals surface area contributed by atoms with E-state index in [1.165, 1.54) is 29.7 Å². The molecule has 4 nitrogen and oxygen atoms in total. The van der Waals surface area contributed by atoms with Crippen molar-refractivity contribution >= 4 is 40.9 Å². The Labute approximate surface area is 134 Å². The van der Waals surface area contributed by atoms with E-state index in [0.29, 0.717) is 22.3 Å². The van der Waals surface area contributed by atoms with E-state index >= 15 is 0 Å². The molecule has 0 aliphatic rings. The van der Waals surface area contributed by atoms with Crippen molar-refractivity contribution in [2.24, 2.45) is 5.16 Å². The van der Waals surface area contributed by atoms with Crippen LogP contribution < -0.4 is 5.32 Å². The first kappa shape index (κ1) is 16.4. The molecule has 116 valence electrons. The van der Waals surface area contributed by atoms with E-state index in [9.17, 15) is 13.6 Å². The van der Waals surface area contributed by atoms with Crippen molar-refractivity contribution in [3.05, 3.63) is 46.7 Å². The Morgan fingerprint density at radius 3 is 2.77 bits per heavy atom. The first-order chi connectivity index (χ1) is 10.6. The number of nitrogens with zero attached hydrogens (tertiary/aromatic N) is 1. The van der Waals surface area contributed by atoms with Crippen LogP contribution in [-0.4, -0.2) is 24.5 Å². The van der Waals surface area contributed by atoms with Crippen molar-refractivity contribution in [2.75, 3.05) is 11.9 Å². The number of anilines is 1. The Balaban J connectivity index is 1.74. The molecule has 1 aromatic carbocycles. The van der Waals surface area contributed by atoms with Gasteiger partial charge in [-0.1, -0.05) is 23.0 Å². The van der Waals surface area contributed by atoms with Gasteiger partial charge in [0.15, 0.2) is 6.61 Å². The topological polar surface area (TPSA) is 50.7 Å². The summed E-state index contributed by atoms with van der Waals surface area (Å²) >= 11 is 1.96. The van der Waals surface area contributed by atoms with Crippen LogP contribution in [0.5, 0.6) is 0 Å². The minimum absolute atomic E-state index is 0.227. The smallest absolute Gasteiger partial charge is 0.288 e. The number of thioether (sulfide) groups is 1. The summed E-state index contributed by atoms with van der Waals surface area (Å²) in [6.45, 7) is -0.227. The number of carbonyl (C=O) groups is 1. The lowest BCUT2D eigenvalue weighted by Gasteiger charge is -2.05. The summed E-state index contributed by atoms with van der Waals surface area (Å²) in [5.41, 5.74) is 0.509. The third-order valence-electron chi connectivity index (χ3n) is 2.36. The quantitative estimate of drug-likeness (QED) is 0.469. The Morgan fingerprint density at radius 1 is 1.36 bits per heavy atom. The molecule has 1 N–H and O–H groups in total. The highest BCUT2D eigenvalue weighted by Crippen LogP contribution is 2.26. The van der Waals surface area contributed by atoms with Gasteiger partial charge in [-0.2, -0.15) is 8.78 Å². The van der Waals surface area contributed by atoms with Crippen molar-refractivity contribution in [1.29, 1.82) is 0 Å². The largest absolute Gasteiger partial charge is 0.386 e. The van der Waals surface area contributed by atoms with Crippen LogP contribution in [0, 0.1) is 0 Å². The number of thiophene rings is 1. The molecule has 0 radical (unpaired) electrons. The third kappa shape index (κ3) is 5.82. The molecule has 8 heteroatoms. The summed E-state index contributed by atoms with van der Waals surface area (Å²) in [4.78, 5) is 17.8. The fourth-order valence-corrected chi connectivity index (χ4v) is 2.54. The maximum atomic E-state index is 12.2. The number of benzene rings is 1. The first-order valence-electron chi connectivity index (χ1n) is 6.17. The van der Waals surface area contributed by atoms with Crippen molar-refractivity contribution in [3.8, 4) is 0 Å². The molecule has 1 heterocycles. The van der Waals surface area contributed by atoms with Gasteiger partial charge >= 0.3 is 0 Å². The van der Waals surface area contributed by atoms with Gasteiger partial charge in [0, 0.05) is 15.5 Å². The van der Waals surface area contributed by atoms with Gasteiger partial charge < -0.3 is 10.2 Å². The summed E-state index contributed by atoms with van der Waals surface area (Å²) in [6.07, 6.45) is 1.52. The van der Waals surface area contributed by atoms with Gasteiger partial charge in [-0.25, -0.2) is 0 Å². The number of nitrogens with one attached hydrogen (secondary N) is 1. The number of halogens is 2. The molecular weight excluding hydrogens is 330 g/mol. The van der Waals surface area contributed by atoms with Gasteiger partial charge in [0.2, 0.25) is 0 Å². The van der Waals surface area contributed by atoms with Crippen LogP contribution in [0.25, 0.3) is 0 Å². The van der Waals surface area contributed by atoms with E-state index in [0.717, 1.165) is 4.88 Å². The molecule has 22 heavy (non-hydrogen) atoms. The molecule has 0 saturated heterocycles. The molecular formula is C14H12F2N2O2S2. The zero-order valence-corrected chi connectivity index (χ0v) is 12.9. The monoisotopic (exact) mass is 342 g/mol. The van der Waals surface area contributed by atoms with Crippen LogP contribution in [0.15, 0.2) is 51.8 Å². The van der Waals surface area contributed by atoms with Crippen molar-refractivity contribution in [1.82, 2.24) is 0 Å². The summed E-state index contributed by atoms with van der Waals surface area (Å²) < 4.78 is 24.3. The van der Waals surface area contributed by atoms with Crippen molar-refractivity contribution in [3.63, 3.8) is 0 Å². The number of hydrogen-bond donors (Lipinski definition) is 1. The minimum Gasteiger partial charge on any atom is -0.386 e. The zero-order valence-electron chi connectivity index (χ0n) is 11.2. The van der Waals surface area contributed by atoms with Crippen molar-refractivity contribution < 1.29 is 18.4 Å². The molecule has 1 amide bonds. The normalized spacial score (nSPS) is 11.0. The third-order valence-corrected chi connectivity index (χ3v) is 3.89. The van der Waals surface area contributed by atoms with Crippen molar-refractivity contribution in [2.45, 2.75) is 10.7 Å². The second-order valence-electron chi connectivity index (χ2n) is 3.97. The summed E-state index contributed by atoms with van der Waals surface area (Å²) in [5, 5.41) is 8.17. The van der Waals surface area contributed by atoms with Gasteiger partial charge in [-0.3, -0.25) is 4.79 Å². The zero-order chi connectivity index (χ0) is 15.8. The minimum atomic E-state index is -2.46. The predicted molar refractivity (Wildman–Crippen MR) is 84.8 cm³/mol. The molecule has 0 unspecified atom stereocenters. The maximum absolute atomic E-state index is 12.2. The molecule has 1 aromatic heterocycles. The summed E-state index contributed by atoms with van der Waals surface area (Å²) in [6, 6.07) is 9.89. The molecule has 2 rings (SSSR count). The predicted octanol–water partition coefficient (Wildman–Crippen LogP) is 4.05. The number of rotatable bonds is 7. The average Bonchev–Trinajstić information content (AvgIpc) is 2.98. The van der Waals surface area contributed by atoms with E-state index in [1.54, 1.807) is 12.1 Å². The molecule has 2 aromatic rings. The first-order valence-corrected chi connectivity index (χ1v) is 7.93. The lowest BCUT2D eigenvalue weighted by Crippen LogP contribution is -2.16. The second-order valence-corrected chi connectivity index (χ2v) is 6.02. The summed E-state index contributed by atoms with van der Waals surface area (Å²) in [7, 11) is 0. The van der Waals surface area contributed by atoms with Gasteiger partial charge in [-0.15, -0.1) is 11.3 Å². The standard InChI is InChI=1S/C14H12F2N2O2S2/c15-14(16)22-11-5-3-10(4-6-11)18-13(19)9-20-17-8-12-2-1-7-21-12/h1-8,14H,9H2,(H,18,19)/b17-8+. The Bertz CT molecular complexity index is 616. The van der Waals surface area contributed by atoms with Crippen LogP contribution in [0.4, 0.5) is 14.5 Å². The average molecular weight is 342 g/mol. The fourth-order valence-electron chi connectivity index (χ4n) is 1.47. The van der Waals surface area contributed by atoms with Crippen LogP contribution >= 0.6 is 23.1 Å². The summed E-state index contributed by atoms with van der Waals surface area (Å²) in [5.74, 6) is -2.84. The molecule has 0 saturated carbocycles. The number of hydrogen-bond acceptors (Lipinski definition) is 5. The second kappa shape index (κ2) is 8.50. The lowest BCUT2D eigenvalue weighted by molar-refractivity contribution is -0.120. The Hall–Kier alpha value is -1.93. The number of amides is 1. The number of oxime groups is 1. The lowest BCUT2D eigenvalue weighted by atomic mass is 10.3. The SMILES string of the molecule is O=C(CO/N=C/c1cccs1)Nc1ccc(SC(F)F)cc1. The molecule has 0 spiro atoms. The maximum Gasteiger partial charge on any atom is 0.288 e. The van der Waals surface area contributed by atoms with E-state index in [-0.39, 0.29) is 12.5 Å². The van der Waals surface area contributed by atoms with Gasteiger partial charge in [0.1, 0.15) is 0 Å². The van der Waals surface area contributed by atoms with Crippen LogP contribution in [0.1, 0.15) is 4.88 Å².